The fourth-order valence-corrected chi connectivity index (χ4v) is 4.42. The second-order valence-corrected chi connectivity index (χ2v) is 8.81. The fourth-order valence-electron chi connectivity index (χ4n) is 3.64. The van der Waals surface area contributed by atoms with Crippen molar-refractivity contribution in [1.82, 2.24) is 20.3 Å². The van der Waals surface area contributed by atoms with Gasteiger partial charge in [-0.1, -0.05) is 19.3 Å². The minimum atomic E-state index is 0.198. The number of nitrogens with zero attached hydrogens (tertiary/aromatic N) is 5. The van der Waals surface area contributed by atoms with E-state index in [0.717, 1.165) is 28.9 Å². The summed E-state index contributed by atoms with van der Waals surface area (Å²) >= 11 is 1.72. The number of anilines is 2. The summed E-state index contributed by atoms with van der Waals surface area (Å²) in [5, 5.41) is 4.61. The van der Waals surface area contributed by atoms with Crippen molar-refractivity contribution >= 4 is 22.4 Å². The first-order valence-corrected chi connectivity index (χ1v) is 10.7. The maximum atomic E-state index is 4.81. The quantitative estimate of drug-likeness (QED) is 0.776. The van der Waals surface area contributed by atoms with E-state index >= 15 is 0 Å². The molecule has 1 unspecified atom stereocenters. The van der Waals surface area contributed by atoms with Gasteiger partial charge in [-0.3, -0.25) is 0 Å². The number of aryl methyl sites for hydroxylation is 1. The van der Waals surface area contributed by atoms with Crippen molar-refractivity contribution in [2.24, 2.45) is 0 Å². The molecule has 1 aliphatic rings. The third kappa shape index (κ3) is 4.96. The van der Waals surface area contributed by atoms with Gasteiger partial charge in [0, 0.05) is 68.3 Å². The number of aromatic nitrogens is 3. The van der Waals surface area contributed by atoms with Crippen LogP contribution in [0, 0.1) is 6.92 Å². The molecule has 2 heterocycles. The molecule has 7 heteroatoms. The molecule has 0 saturated heterocycles. The van der Waals surface area contributed by atoms with Gasteiger partial charge in [-0.15, -0.1) is 11.3 Å². The topological polar surface area (TPSA) is 57.2 Å². The maximum Gasteiger partial charge on any atom is 0.225 e. The van der Waals surface area contributed by atoms with Crippen LogP contribution < -0.4 is 15.1 Å². The summed E-state index contributed by atoms with van der Waals surface area (Å²) < 4.78 is 0. The zero-order valence-electron chi connectivity index (χ0n) is 17.2. The van der Waals surface area contributed by atoms with E-state index in [2.05, 4.69) is 41.1 Å². The van der Waals surface area contributed by atoms with Crippen LogP contribution in [0.2, 0.25) is 0 Å². The molecule has 0 spiro atoms. The predicted molar refractivity (Wildman–Crippen MR) is 114 cm³/mol. The summed E-state index contributed by atoms with van der Waals surface area (Å²) in [6.07, 6.45) is 10.4. The molecule has 2 aromatic rings. The van der Waals surface area contributed by atoms with Crippen LogP contribution in [0.5, 0.6) is 0 Å². The molecule has 6 nitrogen and oxygen atoms in total. The number of hydrogen-bond donors (Lipinski definition) is 1. The lowest BCUT2D eigenvalue weighted by Crippen LogP contribution is -2.34. The van der Waals surface area contributed by atoms with Gasteiger partial charge in [-0.05, 0) is 26.7 Å². The van der Waals surface area contributed by atoms with Gasteiger partial charge < -0.3 is 15.1 Å². The van der Waals surface area contributed by atoms with E-state index < -0.39 is 0 Å². The first-order chi connectivity index (χ1) is 13.0. The smallest absolute Gasteiger partial charge is 0.225 e. The Morgan fingerprint density at radius 2 is 1.89 bits per heavy atom. The Morgan fingerprint density at radius 1 is 1.15 bits per heavy atom. The molecule has 0 amide bonds. The minimum Gasteiger partial charge on any atom is -0.354 e. The molecular formula is C20H32N6S. The minimum absolute atomic E-state index is 0.198. The lowest BCUT2D eigenvalue weighted by atomic mass is 9.95. The monoisotopic (exact) mass is 388 g/mol. The highest BCUT2D eigenvalue weighted by molar-refractivity contribution is 7.15. The van der Waals surface area contributed by atoms with Crippen molar-refractivity contribution < 1.29 is 0 Å². The highest BCUT2D eigenvalue weighted by Crippen LogP contribution is 2.26. The van der Waals surface area contributed by atoms with Crippen LogP contribution >= 0.6 is 11.3 Å². The molecule has 0 bridgehead atoms. The largest absolute Gasteiger partial charge is 0.354 e. The van der Waals surface area contributed by atoms with Gasteiger partial charge >= 0.3 is 0 Å². The molecule has 2 aromatic heterocycles. The Bertz CT molecular complexity index is 738. The molecule has 1 atom stereocenters. The van der Waals surface area contributed by atoms with Gasteiger partial charge in [0.15, 0.2) is 5.13 Å². The SMILES string of the molecule is Cc1nc(N(C)C2CCCCC2)ncc1C(C)NCc1cnc(N(C)C)s1. The van der Waals surface area contributed by atoms with Gasteiger partial charge in [0.05, 0.1) is 0 Å². The van der Waals surface area contributed by atoms with Crippen LogP contribution in [-0.4, -0.2) is 42.1 Å². The van der Waals surface area contributed by atoms with Crippen LogP contribution in [0.25, 0.3) is 0 Å². The van der Waals surface area contributed by atoms with Crippen molar-refractivity contribution in [2.45, 2.75) is 64.6 Å². The van der Waals surface area contributed by atoms with E-state index in [4.69, 9.17) is 4.98 Å². The predicted octanol–water partition coefficient (Wildman–Crippen LogP) is 3.93. The third-order valence-corrected chi connectivity index (χ3v) is 6.58. The Morgan fingerprint density at radius 3 is 2.52 bits per heavy atom. The Labute approximate surface area is 167 Å². The lowest BCUT2D eigenvalue weighted by molar-refractivity contribution is 0.423. The van der Waals surface area contributed by atoms with Crippen LogP contribution in [0.4, 0.5) is 11.1 Å². The van der Waals surface area contributed by atoms with Crippen LogP contribution in [0.15, 0.2) is 12.4 Å². The van der Waals surface area contributed by atoms with Gasteiger partial charge in [0.2, 0.25) is 5.95 Å². The molecule has 3 rings (SSSR count). The first-order valence-electron chi connectivity index (χ1n) is 9.87. The molecule has 1 aliphatic carbocycles. The molecule has 1 saturated carbocycles. The van der Waals surface area contributed by atoms with Gasteiger partial charge in [-0.25, -0.2) is 15.0 Å². The number of hydrogen-bond acceptors (Lipinski definition) is 7. The van der Waals surface area contributed by atoms with Crippen LogP contribution in [0.1, 0.15) is 61.2 Å². The van der Waals surface area contributed by atoms with Gasteiger partial charge in [0.1, 0.15) is 0 Å². The highest BCUT2D eigenvalue weighted by atomic mass is 32.1. The second-order valence-electron chi connectivity index (χ2n) is 7.72. The summed E-state index contributed by atoms with van der Waals surface area (Å²) in [7, 11) is 6.18. The number of thiazole rings is 1. The highest BCUT2D eigenvalue weighted by Gasteiger charge is 2.21. The second kappa shape index (κ2) is 8.97. The zero-order chi connectivity index (χ0) is 19.4. The molecular weight excluding hydrogens is 356 g/mol. The van der Waals surface area contributed by atoms with Crippen molar-refractivity contribution in [1.29, 1.82) is 0 Å². The molecule has 0 aliphatic heterocycles. The summed E-state index contributed by atoms with van der Waals surface area (Å²) in [5.41, 5.74) is 2.22. The standard InChI is InChI=1S/C20H32N6S/c1-14(21-11-17-12-23-20(27-17)25(3)4)18-13-22-19(24-15(18)2)26(5)16-9-7-6-8-10-16/h12-14,16,21H,6-11H2,1-5H3. The number of rotatable bonds is 7. The van der Waals surface area contributed by atoms with E-state index in [1.807, 2.05) is 31.4 Å². The Hall–Kier alpha value is -1.73. The van der Waals surface area contributed by atoms with Crippen molar-refractivity contribution in [3.63, 3.8) is 0 Å². The fraction of sp³-hybridized carbons (Fsp3) is 0.650. The summed E-state index contributed by atoms with van der Waals surface area (Å²) in [4.78, 5) is 19.5. The molecule has 27 heavy (non-hydrogen) atoms. The summed E-state index contributed by atoms with van der Waals surface area (Å²) in [6.45, 7) is 5.06. The van der Waals surface area contributed by atoms with E-state index in [9.17, 15) is 0 Å². The molecule has 1 fully saturated rings. The Balaban J connectivity index is 1.61. The number of nitrogens with one attached hydrogen (secondary N) is 1. The Kier molecular flexibility index (Phi) is 6.65. The van der Waals surface area contributed by atoms with Crippen molar-refractivity contribution in [3.8, 4) is 0 Å². The zero-order valence-corrected chi connectivity index (χ0v) is 18.0. The van der Waals surface area contributed by atoms with Crippen LogP contribution in [-0.2, 0) is 6.54 Å². The average molecular weight is 389 g/mol. The lowest BCUT2D eigenvalue weighted by Gasteiger charge is -2.31. The van der Waals surface area contributed by atoms with Crippen LogP contribution in [0.3, 0.4) is 0 Å². The van der Waals surface area contributed by atoms with Crippen molar-refractivity contribution in [2.75, 3.05) is 30.9 Å². The normalized spacial score (nSPS) is 16.3. The molecule has 0 aromatic carbocycles. The summed E-state index contributed by atoms with van der Waals surface area (Å²) in [5.74, 6) is 0.855. The molecule has 0 radical (unpaired) electrons. The summed E-state index contributed by atoms with van der Waals surface area (Å²) in [6, 6.07) is 0.778. The maximum absolute atomic E-state index is 4.81. The van der Waals surface area contributed by atoms with Crippen molar-refractivity contribution in [3.05, 3.63) is 28.5 Å². The first kappa shape index (κ1) is 20.0. The molecule has 148 valence electrons. The van der Waals surface area contributed by atoms with Gasteiger partial charge in [-0.2, -0.15) is 0 Å². The van der Waals surface area contributed by atoms with E-state index in [0.29, 0.717) is 6.04 Å². The third-order valence-electron chi connectivity index (χ3n) is 5.42. The van der Waals surface area contributed by atoms with E-state index in [-0.39, 0.29) is 6.04 Å². The van der Waals surface area contributed by atoms with E-state index in [1.54, 1.807) is 11.3 Å². The van der Waals surface area contributed by atoms with E-state index in [1.165, 1.54) is 37.0 Å². The van der Waals surface area contributed by atoms with Gasteiger partial charge in [0.25, 0.3) is 0 Å². The molecule has 1 N–H and O–H groups in total. The average Bonchev–Trinajstić information content (AvgIpc) is 3.15.